The molecular weight excluding hydrogens is 278 g/mol. The Morgan fingerprint density at radius 2 is 1.82 bits per heavy atom. The van der Waals surface area contributed by atoms with E-state index in [2.05, 4.69) is 15.9 Å². The summed E-state index contributed by atoms with van der Waals surface area (Å²) in [4.78, 5) is 0. The molecule has 0 atom stereocenters. The highest BCUT2D eigenvalue weighted by Crippen LogP contribution is 2.23. The first kappa shape index (κ1) is 12.1. The molecule has 0 spiro atoms. The van der Waals surface area contributed by atoms with Crippen LogP contribution in [-0.2, 0) is 13.2 Å². The molecule has 0 aliphatic rings. The van der Waals surface area contributed by atoms with Crippen molar-refractivity contribution in [3.05, 3.63) is 64.1 Å². The van der Waals surface area contributed by atoms with Crippen molar-refractivity contribution in [2.75, 3.05) is 0 Å². The summed E-state index contributed by atoms with van der Waals surface area (Å²) >= 11 is 3.47. The van der Waals surface area contributed by atoms with Crippen LogP contribution >= 0.6 is 15.9 Å². The second-order valence-corrected chi connectivity index (χ2v) is 4.59. The van der Waals surface area contributed by atoms with Crippen molar-refractivity contribution in [3.8, 4) is 5.75 Å². The smallest absolute Gasteiger partial charge is 0.120 e. The summed E-state index contributed by atoms with van der Waals surface area (Å²) in [5.74, 6) is 0.845. The average Bonchev–Trinajstić information content (AvgIpc) is 2.38. The molecule has 0 unspecified atom stereocenters. The Morgan fingerprint density at radius 1 is 1.06 bits per heavy atom. The van der Waals surface area contributed by atoms with Gasteiger partial charge in [0.15, 0.2) is 0 Å². The predicted octanol–water partition coefficient (Wildman–Crippen LogP) is 3.49. The van der Waals surface area contributed by atoms with Gasteiger partial charge in [-0.3, -0.25) is 0 Å². The molecule has 2 rings (SSSR count). The molecule has 3 heteroatoms. The van der Waals surface area contributed by atoms with E-state index >= 15 is 0 Å². The first-order valence-corrected chi connectivity index (χ1v) is 6.24. The molecule has 2 N–H and O–H groups in total. The van der Waals surface area contributed by atoms with Gasteiger partial charge in [-0.05, 0) is 23.3 Å². The van der Waals surface area contributed by atoms with Gasteiger partial charge in [-0.2, -0.15) is 0 Å². The zero-order chi connectivity index (χ0) is 12.1. The third-order valence-electron chi connectivity index (χ3n) is 2.49. The van der Waals surface area contributed by atoms with Gasteiger partial charge in [0.2, 0.25) is 0 Å². The highest BCUT2D eigenvalue weighted by atomic mass is 79.9. The number of rotatable bonds is 4. The van der Waals surface area contributed by atoms with Gasteiger partial charge in [0, 0.05) is 11.0 Å². The van der Waals surface area contributed by atoms with Crippen molar-refractivity contribution >= 4 is 15.9 Å². The quantitative estimate of drug-likeness (QED) is 0.936. The van der Waals surface area contributed by atoms with E-state index in [1.54, 1.807) is 0 Å². The van der Waals surface area contributed by atoms with Crippen LogP contribution in [0.2, 0.25) is 0 Å². The third-order valence-corrected chi connectivity index (χ3v) is 3.23. The molecule has 0 aliphatic heterocycles. The van der Waals surface area contributed by atoms with Gasteiger partial charge in [-0.15, -0.1) is 0 Å². The van der Waals surface area contributed by atoms with E-state index in [-0.39, 0.29) is 0 Å². The zero-order valence-corrected chi connectivity index (χ0v) is 11.0. The van der Waals surface area contributed by atoms with Crippen LogP contribution in [0.5, 0.6) is 5.75 Å². The van der Waals surface area contributed by atoms with E-state index in [9.17, 15) is 0 Å². The number of hydrogen-bond donors (Lipinski definition) is 1. The van der Waals surface area contributed by atoms with Crippen molar-refractivity contribution in [1.29, 1.82) is 0 Å². The summed E-state index contributed by atoms with van der Waals surface area (Å²) in [5.41, 5.74) is 7.83. The zero-order valence-electron chi connectivity index (χ0n) is 9.40. The van der Waals surface area contributed by atoms with Crippen LogP contribution < -0.4 is 10.5 Å². The Bertz CT molecular complexity index is 485. The van der Waals surface area contributed by atoms with Crippen molar-refractivity contribution in [3.63, 3.8) is 0 Å². The molecule has 2 aromatic carbocycles. The molecule has 88 valence electrons. The van der Waals surface area contributed by atoms with Gasteiger partial charge < -0.3 is 10.5 Å². The number of nitrogens with two attached hydrogens (primary N) is 1. The number of hydrogen-bond acceptors (Lipinski definition) is 2. The molecule has 0 radical (unpaired) electrons. The number of benzene rings is 2. The van der Waals surface area contributed by atoms with Crippen LogP contribution in [0.1, 0.15) is 11.1 Å². The molecule has 2 aromatic rings. The topological polar surface area (TPSA) is 35.2 Å². The Balaban J connectivity index is 2.02. The van der Waals surface area contributed by atoms with Crippen LogP contribution in [0, 0.1) is 0 Å². The summed E-state index contributed by atoms with van der Waals surface area (Å²) in [5, 5.41) is 0. The third kappa shape index (κ3) is 3.32. The Morgan fingerprint density at radius 3 is 2.47 bits per heavy atom. The van der Waals surface area contributed by atoms with Gasteiger partial charge >= 0.3 is 0 Å². The van der Waals surface area contributed by atoms with Gasteiger partial charge in [-0.25, -0.2) is 0 Å². The van der Waals surface area contributed by atoms with E-state index in [1.165, 1.54) is 0 Å². The van der Waals surface area contributed by atoms with Crippen LogP contribution in [0.3, 0.4) is 0 Å². The minimum Gasteiger partial charge on any atom is -0.489 e. The minimum atomic E-state index is 0.527. The molecule has 0 saturated carbocycles. The SMILES string of the molecule is NCc1ccc(OCc2ccccc2)cc1Br. The predicted molar refractivity (Wildman–Crippen MR) is 72.8 cm³/mol. The lowest BCUT2D eigenvalue weighted by atomic mass is 10.2. The lowest BCUT2D eigenvalue weighted by Crippen LogP contribution is -1.99. The van der Waals surface area contributed by atoms with Crippen molar-refractivity contribution in [2.45, 2.75) is 13.2 Å². The summed E-state index contributed by atoms with van der Waals surface area (Å²) in [6.07, 6.45) is 0. The number of halogens is 1. The maximum Gasteiger partial charge on any atom is 0.120 e. The summed E-state index contributed by atoms with van der Waals surface area (Å²) in [6, 6.07) is 16.0. The second-order valence-electron chi connectivity index (χ2n) is 3.73. The molecule has 0 aromatic heterocycles. The molecule has 0 amide bonds. The van der Waals surface area contributed by atoms with Gasteiger partial charge in [0.25, 0.3) is 0 Å². The summed E-state index contributed by atoms with van der Waals surface area (Å²) < 4.78 is 6.69. The van der Waals surface area contributed by atoms with E-state index < -0.39 is 0 Å². The van der Waals surface area contributed by atoms with E-state index in [1.807, 2.05) is 48.5 Å². The molecule has 0 heterocycles. The lowest BCUT2D eigenvalue weighted by Gasteiger charge is -2.08. The average molecular weight is 292 g/mol. The van der Waals surface area contributed by atoms with Crippen LogP contribution in [0.25, 0.3) is 0 Å². The van der Waals surface area contributed by atoms with Crippen molar-refractivity contribution in [1.82, 2.24) is 0 Å². The Hall–Kier alpha value is -1.32. The van der Waals surface area contributed by atoms with E-state index in [0.717, 1.165) is 21.3 Å². The normalized spacial score (nSPS) is 10.2. The van der Waals surface area contributed by atoms with Crippen molar-refractivity contribution < 1.29 is 4.74 Å². The maximum atomic E-state index is 5.70. The Labute approximate surface area is 110 Å². The fourth-order valence-corrected chi connectivity index (χ4v) is 2.04. The fraction of sp³-hybridized carbons (Fsp3) is 0.143. The highest BCUT2D eigenvalue weighted by Gasteiger charge is 2.01. The van der Waals surface area contributed by atoms with Gasteiger partial charge in [0.1, 0.15) is 12.4 Å². The number of ether oxygens (including phenoxy) is 1. The fourth-order valence-electron chi connectivity index (χ4n) is 1.52. The van der Waals surface area contributed by atoms with Crippen LogP contribution in [0.4, 0.5) is 0 Å². The van der Waals surface area contributed by atoms with Crippen molar-refractivity contribution in [2.24, 2.45) is 5.73 Å². The molecule has 17 heavy (non-hydrogen) atoms. The highest BCUT2D eigenvalue weighted by molar-refractivity contribution is 9.10. The maximum absolute atomic E-state index is 5.70. The molecule has 0 aliphatic carbocycles. The standard InChI is InChI=1S/C14H14BrNO/c15-14-8-13(7-6-12(14)9-16)17-10-11-4-2-1-3-5-11/h1-8H,9-10,16H2. The molecule has 0 bridgehead atoms. The molecule has 0 saturated heterocycles. The van der Waals surface area contributed by atoms with Crippen LogP contribution in [-0.4, -0.2) is 0 Å². The van der Waals surface area contributed by atoms with Crippen LogP contribution in [0.15, 0.2) is 53.0 Å². The largest absolute Gasteiger partial charge is 0.489 e. The lowest BCUT2D eigenvalue weighted by molar-refractivity contribution is 0.306. The second kappa shape index (κ2) is 5.84. The Kier molecular flexibility index (Phi) is 4.18. The molecule has 0 fully saturated rings. The minimum absolute atomic E-state index is 0.527. The molecule has 2 nitrogen and oxygen atoms in total. The summed E-state index contributed by atoms with van der Waals surface area (Å²) in [6.45, 7) is 1.11. The first-order chi connectivity index (χ1) is 8.29. The van der Waals surface area contributed by atoms with Gasteiger partial charge in [0.05, 0.1) is 0 Å². The van der Waals surface area contributed by atoms with E-state index in [4.69, 9.17) is 10.5 Å². The van der Waals surface area contributed by atoms with Gasteiger partial charge in [-0.1, -0.05) is 52.3 Å². The first-order valence-electron chi connectivity index (χ1n) is 5.45. The molecular formula is C14H14BrNO. The monoisotopic (exact) mass is 291 g/mol. The summed E-state index contributed by atoms with van der Waals surface area (Å²) in [7, 11) is 0. The van der Waals surface area contributed by atoms with E-state index in [0.29, 0.717) is 13.2 Å².